The highest BCUT2D eigenvalue weighted by Crippen LogP contribution is 2.34. The largest absolute Gasteiger partial charge is 0.467 e. The smallest absolute Gasteiger partial charge is 0.332 e. The van der Waals surface area contributed by atoms with Crippen molar-refractivity contribution < 1.29 is 9.53 Å². The Bertz CT molecular complexity index is 201. The molecule has 1 atom stereocenters. The van der Waals surface area contributed by atoms with Crippen LogP contribution in [-0.4, -0.2) is 29.4 Å². The van der Waals surface area contributed by atoms with Crippen LogP contribution in [0.5, 0.6) is 0 Å². The molecule has 1 heterocycles. The van der Waals surface area contributed by atoms with Gasteiger partial charge in [0.1, 0.15) is 0 Å². The van der Waals surface area contributed by atoms with Gasteiger partial charge in [0.15, 0.2) is 6.04 Å². The normalized spacial score (nSPS) is 27.0. The fraction of sp³-hybridized carbons (Fsp3) is 0.714. The Kier molecular flexibility index (Phi) is 2.23. The van der Waals surface area contributed by atoms with Gasteiger partial charge in [-0.2, -0.15) is 0 Å². The van der Waals surface area contributed by atoms with Crippen LogP contribution in [0, 0.1) is 0 Å². The van der Waals surface area contributed by atoms with Crippen molar-refractivity contribution in [1.82, 2.24) is 0 Å². The second-order valence-electron chi connectivity index (χ2n) is 2.90. The Hall–Kier alpha value is -0.510. The van der Waals surface area contributed by atoms with Crippen LogP contribution in [0.2, 0.25) is 0 Å². The molecule has 1 rings (SSSR count). The van der Waals surface area contributed by atoms with Crippen molar-refractivity contribution >= 4 is 23.3 Å². The third-order valence-electron chi connectivity index (χ3n) is 1.65. The number of methoxy groups -OCH3 is 1. The zero-order valence-electron chi connectivity index (χ0n) is 6.83. The maximum Gasteiger partial charge on any atom is 0.332 e. The first kappa shape index (κ1) is 8.59. The van der Waals surface area contributed by atoms with Gasteiger partial charge in [-0.05, 0) is 13.8 Å². The fourth-order valence-corrected chi connectivity index (χ4v) is 1.67. The first-order valence-corrected chi connectivity index (χ1v) is 4.23. The van der Waals surface area contributed by atoms with E-state index in [-0.39, 0.29) is 16.8 Å². The van der Waals surface area contributed by atoms with Gasteiger partial charge in [-0.1, -0.05) is 0 Å². The van der Waals surface area contributed by atoms with Crippen LogP contribution in [-0.2, 0) is 9.53 Å². The van der Waals surface area contributed by atoms with Gasteiger partial charge in [0, 0.05) is 4.75 Å². The summed E-state index contributed by atoms with van der Waals surface area (Å²) in [4.78, 5) is 15.1. The fourth-order valence-electron chi connectivity index (χ4n) is 0.927. The number of ether oxygens (including phenoxy) is 1. The Morgan fingerprint density at radius 2 is 2.36 bits per heavy atom. The van der Waals surface area contributed by atoms with Crippen LogP contribution in [0.4, 0.5) is 0 Å². The molecule has 0 saturated heterocycles. The topological polar surface area (TPSA) is 38.7 Å². The van der Waals surface area contributed by atoms with E-state index in [9.17, 15) is 4.79 Å². The van der Waals surface area contributed by atoms with Gasteiger partial charge in [-0.25, -0.2) is 4.79 Å². The summed E-state index contributed by atoms with van der Waals surface area (Å²) in [6.45, 7) is 3.96. The Labute approximate surface area is 70.2 Å². The number of aliphatic imine (C=N–C) groups is 1. The van der Waals surface area contributed by atoms with Crippen molar-refractivity contribution in [3.05, 3.63) is 0 Å². The zero-order chi connectivity index (χ0) is 8.48. The molecule has 0 unspecified atom stereocenters. The Balaban J connectivity index is 2.72. The summed E-state index contributed by atoms with van der Waals surface area (Å²) in [6, 6.07) is -0.336. The highest BCUT2D eigenvalue weighted by molar-refractivity contribution is 8.13. The van der Waals surface area contributed by atoms with E-state index in [0.29, 0.717) is 0 Å². The molecule has 3 nitrogen and oxygen atoms in total. The number of hydrogen-bond donors (Lipinski definition) is 0. The summed E-state index contributed by atoms with van der Waals surface area (Å²) in [5.74, 6) is -0.253. The molecule has 11 heavy (non-hydrogen) atoms. The van der Waals surface area contributed by atoms with Gasteiger partial charge in [0.05, 0.1) is 12.7 Å². The first-order chi connectivity index (χ1) is 5.08. The van der Waals surface area contributed by atoms with E-state index in [1.165, 1.54) is 7.11 Å². The third-order valence-corrected chi connectivity index (χ3v) is 2.71. The SMILES string of the molecule is COC(=O)[C@H]1N=CSC1(C)C. The molecule has 1 aliphatic heterocycles. The van der Waals surface area contributed by atoms with E-state index in [2.05, 4.69) is 9.73 Å². The Morgan fingerprint density at radius 1 is 1.73 bits per heavy atom. The van der Waals surface area contributed by atoms with E-state index in [1.54, 1.807) is 17.3 Å². The standard InChI is InChI=1S/C7H11NO2S/c1-7(2)5(6(9)10-3)8-4-11-7/h4-5H,1-3H3/t5-/m1/s1. The molecule has 0 fully saturated rings. The number of thioether (sulfide) groups is 1. The first-order valence-electron chi connectivity index (χ1n) is 3.35. The van der Waals surface area contributed by atoms with Crippen LogP contribution in [0.1, 0.15) is 13.8 Å². The molecule has 0 amide bonds. The molecule has 0 N–H and O–H groups in total. The zero-order valence-corrected chi connectivity index (χ0v) is 7.64. The molecule has 0 spiro atoms. The number of esters is 1. The van der Waals surface area contributed by atoms with Crippen LogP contribution in [0.3, 0.4) is 0 Å². The third kappa shape index (κ3) is 1.56. The lowest BCUT2D eigenvalue weighted by atomic mass is 10.0. The maximum atomic E-state index is 11.1. The van der Waals surface area contributed by atoms with Crippen molar-refractivity contribution in [2.24, 2.45) is 4.99 Å². The van der Waals surface area contributed by atoms with Crippen molar-refractivity contribution in [2.75, 3.05) is 7.11 Å². The predicted molar refractivity (Wildman–Crippen MR) is 46.0 cm³/mol. The molecule has 62 valence electrons. The van der Waals surface area contributed by atoms with E-state index < -0.39 is 0 Å². The van der Waals surface area contributed by atoms with Crippen LogP contribution in [0.15, 0.2) is 4.99 Å². The number of hydrogen-bond acceptors (Lipinski definition) is 4. The minimum Gasteiger partial charge on any atom is -0.467 e. The van der Waals surface area contributed by atoms with Crippen molar-refractivity contribution in [1.29, 1.82) is 0 Å². The molecule has 0 aromatic carbocycles. The summed E-state index contributed by atoms with van der Waals surface area (Å²) in [5.41, 5.74) is 1.71. The molecule has 0 aliphatic carbocycles. The average Bonchev–Trinajstić information content (AvgIpc) is 2.28. The molecule has 0 radical (unpaired) electrons. The van der Waals surface area contributed by atoms with E-state index in [1.807, 2.05) is 13.8 Å². The minimum absolute atomic E-state index is 0.146. The van der Waals surface area contributed by atoms with Gasteiger partial charge in [-0.3, -0.25) is 4.99 Å². The van der Waals surface area contributed by atoms with Gasteiger partial charge < -0.3 is 4.74 Å². The van der Waals surface area contributed by atoms with Crippen LogP contribution in [0.25, 0.3) is 0 Å². The van der Waals surface area contributed by atoms with Crippen LogP contribution < -0.4 is 0 Å². The quantitative estimate of drug-likeness (QED) is 0.557. The number of rotatable bonds is 1. The molecule has 0 saturated carbocycles. The second kappa shape index (κ2) is 2.85. The minimum atomic E-state index is -0.336. The summed E-state index contributed by atoms with van der Waals surface area (Å²) >= 11 is 1.56. The summed E-state index contributed by atoms with van der Waals surface area (Å²) in [5, 5.41) is 0. The van der Waals surface area contributed by atoms with Crippen molar-refractivity contribution in [3.63, 3.8) is 0 Å². The molecule has 4 heteroatoms. The van der Waals surface area contributed by atoms with Crippen molar-refractivity contribution in [3.8, 4) is 0 Å². The number of nitrogens with zero attached hydrogens (tertiary/aromatic N) is 1. The maximum absolute atomic E-state index is 11.1. The molecule has 0 aromatic rings. The molecular formula is C7H11NO2S. The van der Waals surface area contributed by atoms with E-state index in [0.717, 1.165) is 0 Å². The van der Waals surface area contributed by atoms with Crippen molar-refractivity contribution in [2.45, 2.75) is 24.6 Å². The lowest BCUT2D eigenvalue weighted by molar-refractivity contribution is -0.142. The monoisotopic (exact) mass is 173 g/mol. The molecule has 1 aliphatic rings. The Morgan fingerprint density at radius 3 is 2.73 bits per heavy atom. The van der Waals surface area contributed by atoms with Crippen LogP contribution >= 0.6 is 11.8 Å². The van der Waals surface area contributed by atoms with E-state index in [4.69, 9.17) is 0 Å². The lowest BCUT2D eigenvalue weighted by Gasteiger charge is -2.21. The summed E-state index contributed by atoms with van der Waals surface area (Å²) < 4.78 is 4.46. The van der Waals surface area contributed by atoms with Gasteiger partial charge in [0.25, 0.3) is 0 Å². The average molecular weight is 173 g/mol. The van der Waals surface area contributed by atoms with Gasteiger partial charge in [-0.15, -0.1) is 11.8 Å². The van der Waals surface area contributed by atoms with Gasteiger partial charge in [0.2, 0.25) is 0 Å². The predicted octanol–water partition coefficient (Wildman–Crippen LogP) is 1.08. The summed E-state index contributed by atoms with van der Waals surface area (Å²) in [6.07, 6.45) is 0. The highest BCUT2D eigenvalue weighted by Gasteiger charge is 2.39. The molecule has 0 bridgehead atoms. The number of carbonyl (C=O) groups excluding carboxylic acids is 1. The second-order valence-corrected chi connectivity index (χ2v) is 4.40. The van der Waals surface area contributed by atoms with Gasteiger partial charge >= 0.3 is 5.97 Å². The lowest BCUT2D eigenvalue weighted by Crippen LogP contribution is -2.35. The van der Waals surface area contributed by atoms with E-state index >= 15 is 0 Å². The molecular weight excluding hydrogens is 162 g/mol. The highest BCUT2D eigenvalue weighted by atomic mass is 32.2. The molecule has 0 aromatic heterocycles. The number of carbonyl (C=O) groups is 1. The summed E-state index contributed by atoms with van der Waals surface area (Å²) in [7, 11) is 1.39.